The van der Waals surface area contributed by atoms with Gasteiger partial charge in [-0.05, 0) is 89.9 Å². The molecule has 0 aromatic rings. The smallest absolute Gasteiger partial charge is 0.306 e. The van der Waals surface area contributed by atoms with E-state index in [1.165, 1.54) is 25.7 Å². The molecule has 1 atom stereocenters. The van der Waals surface area contributed by atoms with Gasteiger partial charge in [-0.15, -0.1) is 0 Å². The van der Waals surface area contributed by atoms with Crippen LogP contribution in [0.1, 0.15) is 149 Å². The predicted molar refractivity (Wildman–Crippen MR) is 196 cm³/mol. The molecule has 0 aromatic carbocycles. The van der Waals surface area contributed by atoms with Gasteiger partial charge in [0.15, 0.2) is 6.10 Å². The lowest BCUT2D eigenvalue weighted by Crippen LogP contribution is -2.30. The standard InChI is InChI=1S/C41H66O6/c1-4-7-10-13-16-19-20-23-25-28-31-34-40(43)46-37-38(47-41(44)35-32-29-26-22-18-15-12-9-6-3)36-45-39(42)33-30-27-24-21-17-14-11-8-5-2/h7,9-10,12,16,18-19,21-25,38H,4-6,8,11,13-15,17,20,26-37H2,1-3H3/b10-7-,12-9-,19-16-,22-18-,24-21-,25-23-. The average Bonchev–Trinajstić information content (AvgIpc) is 3.06. The van der Waals surface area contributed by atoms with Crippen LogP contribution in [0.4, 0.5) is 0 Å². The minimum absolute atomic E-state index is 0.121. The quantitative estimate of drug-likeness (QED) is 0.0320. The Morgan fingerprint density at radius 2 is 0.851 bits per heavy atom. The van der Waals surface area contributed by atoms with E-state index in [2.05, 4.69) is 93.7 Å². The third kappa shape index (κ3) is 34.0. The molecule has 0 rings (SSSR count). The summed E-state index contributed by atoms with van der Waals surface area (Å²) in [7, 11) is 0. The molecule has 1 unspecified atom stereocenters. The van der Waals surface area contributed by atoms with Crippen LogP contribution < -0.4 is 0 Å². The van der Waals surface area contributed by atoms with Crippen molar-refractivity contribution in [3.05, 3.63) is 72.9 Å². The molecular weight excluding hydrogens is 588 g/mol. The topological polar surface area (TPSA) is 78.9 Å². The molecule has 266 valence electrons. The van der Waals surface area contributed by atoms with Crippen molar-refractivity contribution in [3.63, 3.8) is 0 Å². The molecule has 0 fully saturated rings. The molecule has 0 heterocycles. The van der Waals surface area contributed by atoms with E-state index in [9.17, 15) is 14.4 Å². The number of carbonyl (C=O) groups excluding carboxylic acids is 3. The van der Waals surface area contributed by atoms with E-state index in [4.69, 9.17) is 14.2 Å². The third-order valence-corrected chi connectivity index (χ3v) is 7.18. The second-order valence-electron chi connectivity index (χ2n) is 11.7. The molecule has 0 aliphatic heterocycles. The second-order valence-corrected chi connectivity index (χ2v) is 11.7. The number of hydrogen-bond donors (Lipinski definition) is 0. The molecule has 0 aliphatic carbocycles. The van der Waals surface area contributed by atoms with E-state index >= 15 is 0 Å². The fourth-order valence-corrected chi connectivity index (χ4v) is 4.44. The monoisotopic (exact) mass is 654 g/mol. The summed E-state index contributed by atoms with van der Waals surface area (Å²) in [6, 6.07) is 0. The van der Waals surface area contributed by atoms with Crippen LogP contribution >= 0.6 is 0 Å². The summed E-state index contributed by atoms with van der Waals surface area (Å²) < 4.78 is 16.4. The van der Waals surface area contributed by atoms with Gasteiger partial charge in [0.05, 0.1) is 0 Å². The molecule has 6 heteroatoms. The molecule has 0 radical (unpaired) electrons. The molecule has 0 spiro atoms. The molecule has 0 N–H and O–H groups in total. The van der Waals surface area contributed by atoms with Crippen molar-refractivity contribution in [2.24, 2.45) is 0 Å². The van der Waals surface area contributed by atoms with E-state index in [-0.39, 0.29) is 44.0 Å². The highest BCUT2D eigenvalue weighted by Crippen LogP contribution is 2.09. The number of carbonyl (C=O) groups is 3. The normalized spacial score (nSPS) is 12.8. The van der Waals surface area contributed by atoms with Crippen molar-refractivity contribution in [1.82, 2.24) is 0 Å². The summed E-state index contributed by atoms with van der Waals surface area (Å²) >= 11 is 0. The zero-order chi connectivity index (χ0) is 34.5. The summed E-state index contributed by atoms with van der Waals surface area (Å²) in [5.41, 5.74) is 0. The van der Waals surface area contributed by atoms with Crippen LogP contribution in [0, 0.1) is 0 Å². The first kappa shape index (κ1) is 43.9. The molecule has 0 bridgehead atoms. The lowest BCUT2D eigenvalue weighted by molar-refractivity contribution is -0.167. The highest BCUT2D eigenvalue weighted by atomic mass is 16.6. The largest absolute Gasteiger partial charge is 0.462 e. The van der Waals surface area contributed by atoms with E-state index in [1.54, 1.807) is 0 Å². The zero-order valence-corrected chi connectivity index (χ0v) is 30.0. The van der Waals surface area contributed by atoms with Crippen LogP contribution in [0.5, 0.6) is 0 Å². The van der Waals surface area contributed by atoms with Crippen molar-refractivity contribution in [2.45, 2.75) is 155 Å². The summed E-state index contributed by atoms with van der Waals surface area (Å²) in [6.45, 7) is 6.20. The third-order valence-electron chi connectivity index (χ3n) is 7.18. The van der Waals surface area contributed by atoms with Gasteiger partial charge in [0.25, 0.3) is 0 Å². The van der Waals surface area contributed by atoms with Crippen molar-refractivity contribution < 1.29 is 28.6 Å². The van der Waals surface area contributed by atoms with Gasteiger partial charge in [0.1, 0.15) is 13.2 Å². The van der Waals surface area contributed by atoms with Gasteiger partial charge in [-0.2, -0.15) is 0 Å². The fraction of sp³-hybridized carbons (Fsp3) is 0.634. The Hall–Kier alpha value is -3.15. The highest BCUT2D eigenvalue weighted by molar-refractivity contribution is 5.71. The van der Waals surface area contributed by atoms with Gasteiger partial charge in [0.2, 0.25) is 0 Å². The second kappa shape index (κ2) is 35.7. The van der Waals surface area contributed by atoms with Crippen molar-refractivity contribution in [2.75, 3.05) is 13.2 Å². The number of allylic oxidation sites excluding steroid dienone is 12. The molecule has 6 nitrogen and oxygen atoms in total. The molecule has 0 saturated carbocycles. The summed E-state index contributed by atoms with van der Waals surface area (Å²) in [5, 5.41) is 0. The first-order valence-electron chi connectivity index (χ1n) is 18.4. The van der Waals surface area contributed by atoms with Crippen molar-refractivity contribution in [3.8, 4) is 0 Å². The minimum atomic E-state index is -0.817. The van der Waals surface area contributed by atoms with E-state index in [1.807, 2.05) is 0 Å². The SMILES string of the molecule is CC/C=C\C/C=C\C/C=C\CCCC(=O)OCC(COC(=O)CCC/C=C\CCCCCC)OC(=O)CCCC/C=C\C/C=C\CC. The Bertz CT molecular complexity index is 940. The van der Waals surface area contributed by atoms with Crippen LogP contribution in [0.3, 0.4) is 0 Å². The van der Waals surface area contributed by atoms with Crippen LogP contribution in [-0.2, 0) is 28.6 Å². The first-order chi connectivity index (χ1) is 23.0. The summed E-state index contributed by atoms with van der Waals surface area (Å²) in [5.74, 6) is -1.06. The fourth-order valence-electron chi connectivity index (χ4n) is 4.44. The van der Waals surface area contributed by atoms with Gasteiger partial charge < -0.3 is 14.2 Å². The Labute approximate surface area is 287 Å². The summed E-state index contributed by atoms with van der Waals surface area (Å²) in [4.78, 5) is 37.2. The number of rotatable bonds is 31. The van der Waals surface area contributed by atoms with E-state index in [0.29, 0.717) is 25.7 Å². The van der Waals surface area contributed by atoms with Crippen molar-refractivity contribution in [1.29, 1.82) is 0 Å². The van der Waals surface area contributed by atoms with Crippen molar-refractivity contribution >= 4 is 17.9 Å². The molecule has 0 aliphatic rings. The lowest BCUT2D eigenvalue weighted by atomic mass is 10.1. The molecule has 47 heavy (non-hydrogen) atoms. The van der Waals surface area contributed by atoms with Gasteiger partial charge in [-0.3, -0.25) is 14.4 Å². The Kier molecular flexibility index (Phi) is 33.3. The van der Waals surface area contributed by atoms with Crippen LogP contribution in [-0.4, -0.2) is 37.2 Å². The predicted octanol–water partition coefficient (Wildman–Crippen LogP) is 11.2. The average molecular weight is 655 g/mol. The van der Waals surface area contributed by atoms with E-state index < -0.39 is 6.10 Å². The van der Waals surface area contributed by atoms with Gasteiger partial charge in [0, 0.05) is 19.3 Å². The van der Waals surface area contributed by atoms with Gasteiger partial charge >= 0.3 is 17.9 Å². The Morgan fingerprint density at radius 1 is 0.447 bits per heavy atom. The van der Waals surface area contributed by atoms with Crippen LogP contribution in [0.2, 0.25) is 0 Å². The number of hydrogen-bond acceptors (Lipinski definition) is 6. The molecule has 0 amide bonds. The number of ether oxygens (including phenoxy) is 3. The minimum Gasteiger partial charge on any atom is -0.462 e. The lowest BCUT2D eigenvalue weighted by Gasteiger charge is -2.18. The number of esters is 3. The summed E-state index contributed by atoms with van der Waals surface area (Å²) in [6.07, 6.45) is 42.1. The molecule has 0 aromatic heterocycles. The Balaban J connectivity index is 4.55. The maximum absolute atomic E-state index is 12.5. The maximum Gasteiger partial charge on any atom is 0.306 e. The molecule has 0 saturated heterocycles. The van der Waals surface area contributed by atoms with E-state index in [0.717, 1.165) is 64.2 Å². The van der Waals surface area contributed by atoms with Crippen LogP contribution in [0.25, 0.3) is 0 Å². The first-order valence-corrected chi connectivity index (χ1v) is 18.4. The Morgan fingerprint density at radius 3 is 1.34 bits per heavy atom. The zero-order valence-electron chi connectivity index (χ0n) is 30.0. The highest BCUT2D eigenvalue weighted by Gasteiger charge is 2.19. The van der Waals surface area contributed by atoms with Gasteiger partial charge in [-0.1, -0.05) is 113 Å². The van der Waals surface area contributed by atoms with Gasteiger partial charge in [-0.25, -0.2) is 0 Å². The molecular formula is C41H66O6. The number of unbranched alkanes of at least 4 members (excludes halogenated alkanes) is 8. The maximum atomic E-state index is 12.5. The van der Waals surface area contributed by atoms with Crippen LogP contribution in [0.15, 0.2) is 72.9 Å².